The lowest BCUT2D eigenvalue weighted by atomic mass is 9.99. The van der Waals surface area contributed by atoms with Gasteiger partial charge in [-0.25, -0.2) is 0 Å². The number of methoxy groups -OCH3 is 1. The molecule has 9 atom stereocenters. The van der Waals surface area contributed by atoms with E-state index in [0.29, 0.717) is 0 Å². The average Bonchev–Trinajstić information content (AvgIpc) is 2.98. The third-order valence-electron chi connectivity index (χ3n) is 7.14. The van der Waals surface area contributed by atoms with E-state index in [1.54, 1.807) is 0 Å². The number of phenolic OH excluding ortho intramolecular Hbond substituents is 2. The molecule has 16 heteroatoms. The van der Waals surface area contributed by atoms with E-state index in [2.05, 4.69) is 0 Å². The first-order valence-electron chi connectivity index (χ1n) is 13.0. The Balaban J connectivity index is 1.62. The number of aliphatic hydroxyl groups excluding tert-OH is 7. The van der Waals surface area contributed by atoms with Crippen LogP contribution in [0.15, 0.2) is 39.5 Å². The lowest BCUT2D eigenvalue weighted by Gasteiger charge is -2.39. The van der Waals surface area contributed by atoms with Gasteiger partial charge in [-0.05, 0) is 18.2 Å². The molecule has 0 aliphatic carbocycles. The molecule has 234 valence electrons. The molecule has 2 aliphatic rings. The molecule has 0 spiro atoms. The van der Waals surface area contributed by atoms with Crippen molar-refractivity contribution in [2.24, 2.45) is 0 Å². The summed E-state index contributed by atoms with van der Waals surface area (Å²) in [4.78, 5) is 13.8. The molecule has 0 amide bonds. The number of hydrogen-bond acceptors (Lipinski definition) is 16. The van der Waals surface area contributed by atoms with Crippen LogP contribution in [0.1, 0.15) is 0 Å². The summed E-state index contributed by atoms with van der Waals surface area (Å²) in [7, 11) is 1.28. The minimum absolute atomic E-state index is 0.0249. The highest BCUT2D eigenvalue weighted by Gasteiger charge is 2.45. The number of ether oxygens (including phenoxy) is 5. The van der Waals surface area contributed by atoms with Crippen molar-refractivity contribution in [2.75, 3.05) is 20.3 Å². The zero-order valence-corrected chi connectivity index (χ0v) is 22.4. The highest BCUT2D eigenvalue weighted by Crippen LogP contribution is 2.40. The third-order valence-corrected chi connectivity index (χ3v) is 7.14. The smallest absolute Gasteiger partial charge is 0.239 e. The predicted molar refractivity (Wildman–Crippen MR) is 141 cm³/mol. The zero-order valence-electron chi connectivity index (χ0n) is 22.4. The largest absolute Gasteiger partial charge is 0.507 e. The first kappa shape index (κ1) is 30.7. The number of benzene rings is 2. The predicted octanol–water partition coefficient (Wildman–Crippen LogP) is -2.12. The minimum Gasteiger partial charge on any atom is -0.507 e. The van der Waals surface area contributed by atoms with Gasteiger partial charge in [0.05, 0.1) is 20.3 Å². The Morgan fingerprint density at radius 3 is 2.28 bits per heavy atom. The minimum atomic E-state index is -1.89. The molecule has 3 heterocycles. The summed E-state index contributed by atoms with van der Waals surface area (Å²) in [6.45, 7) is -1.12. The summed E-state index contributed by atoms with van der Waals surface area (Å²) in [5.74, 6) is -2.08. The monoisotopic (exact) mass is 610 g/mol. The molecule has 3 aromatic rings. The third kappa shape index (κ3) is 5.67. The highest BCUT2D eigenvalue weighted by molar-refractivity contribution is 5.88. The van der Waals surface area contributed by atoms with Crippen LogP contribution in [0.5, 0.6) is 28.7 Å². The number of fused-ring (bicyclic) bond motifs is 1. The van der Waals surface area contributed by atoms with Crippen molar-refractivity contribution in [3.05, 3.63) is 40.6 Å². The Morgan fingerprint density at radius 1 is 0.860 bits per heavy atom. The molecule has 43 heavy (non-hydrogen) atoms. The van der Waals surface area contributed by atoms with Crippen LogP contribution in [0.4, 0.5) is 0 Å². The molecule has 0 radical (unpaired) electrons. The van der Waals surface area contributed by atoms with Gasteiger partial charge in [0.25, 0.3) is 0 Å². The second kappa shape index (κ2) is 12.1. The quantitative estimate of drug-likeness (QED) is 0.138. The van der Waals surface area contributed by atoms with Crippen LogP contribution in [0, 0.1) is 0 Å². The van der Waals surface area contributed by atoms with Crippen LogP contribution in [0.3, 0.4) is 0 Å². The molecule has 0 bridgehead atoms. The van der Waals surface area contributed by atoms with E-state index in [-0.39, 0.29) is 40.8 Å². The van der Waals surface area contributed by atoms with Crippen LogP contribution in [-0.4, -0.2) is 122 Å². The van der Waals surface area contributed by atoms with Crippen molar-refractivity contribution in [2.45, 2.75) is 55.3 Å². The Morgan fingerprint density at radius 2 is 1.58 bits per heavy atom. The Hall–Kier alpha value is -3.71. The van der Waals surface area contributed by atoms with Crippen molar-refractivity contribution in [1.82, 2.24) is 0 Å². The van der Waals surface area contributed by atoms with E-state index < -0.39 is 84.2 Å². The summed E-state index contributed by atoms with van der Waals surface area (Å²) in [6.07, 6.45) is -14.6. The zero-order chi connectivity index (χ0) is 31.2. The molecule has 0 saturated carbocycles. The number of rotatable bonds is 7. The van der Waals surface area contributed by atoms with Crippen LogP contribution >= 0.6 is 0 Å². The normalized spacial score (nSPS) is 31.1. The lowest BCUT2D eigenvalue weighted by molar-refractivity contribution is -0.277. The van der Waals surface area contributed by atoms with Gasteiger partial charge in [0.15, 0.2) is 17.3 Å². The summed E-state index contributed by atoms with van der Waals surface area (Å²) >= 11 is 0. The maximum absolute atomic E-state index is 13.8. The van der Waals surface area contributed by atoms with Gasteiger partial charge in [0, 0.05) is 17.7 Å². The van der Waals surface area contributed by atoms with Crippen molar-refractivity contribution in [3.63, 3.8) is 0 Å². The van der Waals surface area contributed by atoms with Crippen LogP contribution in [0.2, 0.25) is 0 Å². The van der Waals surface area contributed by atoms with E-state index in [0.717, 1.165) is 6.07 Å². The van der Waals surface area contributed by atoms with Crippen LogP contribution in [0.25, 0.3) is 22.3 Å². The van der Waals surface area contributed by atoms with Crippen molar-refractivity contribution in [1.29, 1.82) is 0 Å². The SMILES string of the molecule is COc1cc(-c2oc3cc(O[C@@H]4OC[C@H](O)[C@H](O)[C@H]4O)cc(O)c3c(=O)c2O[C@@H]2O[C@H](CO)[C@@H](O)[C@H](O)[C@H]2O)ccc1O. The van der Waals surface area contributed by atoms with Gasteiger partial charge in [-0.2, -0.15) is 0 Å². The average molecular weight is 611 g/mol. The molecule has 9 N–H and O–H groups in total. The van der Waals surface area contributed by atoms with E-state index in [1.165, 1.54) is 31.4 Å². The topological polar surface area (TPSA) is 258 Å². The molecular formula is C27H30O16. The molecule has 2 saturated heterocycles. The van der Waals surface area contributed by atoms with E-state index in [1.807, 2.05) is 0 Å². The Bertz CT molecular complexity index is 1520. The Kier molecular flexibility index (Phi) is 8.66. The van der Waals surface area contributed by atoms with Crippen molar-refractivity contribution in [3.8, 4) is 40.1 Å². The van der Waals surface area contributed by atoms with Gasteiger partial charge in [-0.1, -0.05) is 0 Å². The molecule has 5 rings (SSSR count). The van der Waals surface area contributed by atoms with Gasteiger partial charge in [0.1, 0.15) is 65.2 Å². The molecule has 16 nitrogen and oxygen atoms in total. The van der Waals surface area contributed by atoms with E-state index in [4.69, 9.17) is 28.1 Å². The fourth-order valence-corrected chi connectivity index (χ4v) is 4.74. The number of phenols is 2. The summed E-state index contributed by atoms with van der Waals surface area (Å²) in [6, 6.07) is 6.02. The van der Waals surface area contributed by atoms with Crippen molar-refractivity contribution < 1.29 is 74.1 Å². The maximum Gasteiger partial charge on any atom is 0.239 e. The van der Waals surface area contributed by atoms with Gasteiger partial charge < -0.3 is 74.1 Å². The van der Waals surface area contributed by atoms with Crippen LogP contribution in [-0.2, 0) is 9.47 Å². The molecule has 2 fully saturated rings. The fourth-order valence-electron chi connectivity index (χ4n) is 4.74. The second-order valence-corrected chi connectivity index (χ2v) is 9.97. The maximum atomic E-state index is 13.8. The standard InChI is InChI=1S/C27H30O16/c1-38-14-4-9(2-3-11(14)29)24-25(43-27-23(37)21(35)19(33)16(7-28)42-27)20(34)17-12(30)5-10(6-15(17)41-24)40-26-22(36)18(32)13(31)8-39-26/h2-6,13,16,18-19,21-23,26-33,35-37H,7-8H2,1H3/t13-,16+,18-,19+,21-,22+,23+,26-,27-/m0/s1. The summed E-state index contributed by atoms with van der Waals surface area (Å²) in [5.41, 5.74) is -1.16. The Labute approximate surface area is 241 Å². The molecule has 2 aliphatic heterocycles. The van der Waals surface area contributed by atoms with Crippen LogP contribution < -0.4 is 19.6 Å². The van der Waals surface area contributed by atoms with E-state index in [9.17, 15) is 50.8 Å². The molecule has 1 aromatic heterocycles. The fraction of sp³-hybridized carbons (Fsp3) is 0.444. The van der Waals surface area contributed by atoms with Gasteiger partial charge in [0.2, 0.25) is 23.8 Å². The first-order valence-corrected chi connectivity index (χ1v) is 13.0. The number of hydrogen-bond donors (Lipinski definition) is 9. The second-order valence-electron chi connectivity index (χ2n) is 9.97. The molecule has 2 aromatic carbocycles. The first-order chi connectivity index (χ1) is 20.4. The summed E-state index contributed by atoms with van der Waals surface area (Å²) in [5, 5.41) is 90.7. The van der Waals surface area contributed by atoms with Gasteiger partial charge >= 0.3 is 0 Å². The molecular weight excluding hydrogens is 580 g/mol. The molecule has 0 unspecified atom stereocenters. The highest BCUT2D eigenvalue weighted by atomic mass is 16.7. The van der Waals surface area contributed by atoms with E-state index >= 15 is 0 Å². The summed E-state index contributed by atoms with van der Waals surface area (Å²) < 4.78 is 32.9. The number of aromatic hydroxyl groups is 2. The van der Waals surface area contributed by atoms with Gasteiger partial charge in [-0.3, -0.25) is 4.79 Å². The lowest BCUT2D eigenvalue weighted by Crippen LogP contribution is -2.60. The number of aliphatic hydroxyl groups is 7. The van der Waals surface area contributed by atoms with Crippen molar-refractivity contribution >= 4 is 11.0 Å². The van der Waals surface area contributed by atoms with Gasteiger partial charge in [-0.15, -0.1) is 0 Å².